The van der Waals surface area contributed by atoms with E-state index in [4.69, 9.17) is 0 Å². The van der Waals surface area contributed by atoms with Crippen LogP contribution in [-0.2, 0) is 11.8 Å². The van der Waals surface area contributed by atoms with Gasteiger partial charge in [0.15, 0.2) is 0 Å². The molecule has 2 aromatic rings. The number of rotatable bonds is 6. The van der Waals surface area contributed by atoms with Crippen LogP contribution in [0.2, 0.25) is 0 Å². The maximum absolute atomic E-state index is 12.0. The lowest BCUT2D eigenvalue weighted by molar-refractivity contribution is -0.116. The summed E-state index contributed by atoms with van der Waals surface area (Å²) in [5, 5.41) is 7.05. The van der Waals surface area contributed by atoms with Gasteiger partial charge >= 0.3 is 0 Å². The van der Waals surface area contributed by atoms with Crippen molar-refractivity contribution in [3.63, 3.8) is 0 Å². The first-order valence-corrected chi connectivity index (χ1v) is 7.55. The minimum Gasteiger partial charge on any atom is -0.352 e. The molecule has 0 saturated heterocycles. The molecule has 1 heterocycles. The maximum atomic E-state index is 12.0. The van der Waals surface area contributed by atoms with E-state index in [-0.39, 0.29) is 5.91 Å². The molecule has 1 unspecified atom stereocenters. The second-order valence-corrected chi connectivity index (χ2v) is 5.79. The van der Waals surface area contributed by atoms with Crippen LogP contribution in [0.4, 0.5) is 0 Å². The van der Waals surface area contributed by atoms with Gasteiger partial charge in [0.2, 0.25) is 5.91 Å². The van der Waals surface area contributed by atoms with Crippen molar-refractivity contribution in [3.8, 4) is 0 Å². The van der Waals surface area contributed by atoms with Crippen molar-refractivity contribution in [2.45, 2.75) is 19.8 Å². The molecule has 1 amide bonds. The molecule has 0 spiro atoms. The Morgan fingerprint density at radius 2 is 2.05 bits per heavy atom. The predicted octanol–water partition coefficient (Wildman–Crippen LogP) is 2.99. The molecule has 0 fully saturated rings. The summed E-state index contributed by atoms with van der Waals surface area (Å²) in [5.41, 5.74) is 2.18. The molecule has 1 aromatic carbocycles. The zero-order chi connectivity index (χ0) is 15.9. The molecule has 0 aliphatic heterocycles. The lowest BCUT2D eigenvalue weighted by atomic mass is 9.88. The Kier molecular flexibility index (Phi) is 5.53. The van der Waals surface area contributed by atoms with Gasteiger partial charge in [-0.1, -0.05) is 44.2 Å². The fourth-order valence-corrected chi connectivity index (χ4v) is 2.41. The number of amides is 1. The van der Waals surface area contributed by atoms with E-state index in [1.807, 2.05) is 31.4 Å². The van der Waals surface area contributed by atoms with Gasteiger partial charge in [-0.3, -0.25) is 9.48 Å². The van der Waals surface area contributed by atoms with Crippen molar-refractivity contribution in [2.75, 3.05) is 6.54 Å². The number of aryl methyl sites for hydroxylation is 1. The molecule has 0 aliphatic rings. The molecule has 22 heavy (non-hydrogen) atoms. The normalized spacial score (nSPS) is 12.7. The Morgan fingerprint density at radius 3 is 2.64 bits per heavy atom. The van der Waals surface area contributed by atoms with Gasteiger partial charge in [-0.25, -0.2) is 0 Å². The molecule has 0 radical (unpaired) electrons. The molecular weight excluding hydrogens is 274 g/mol. The quantitative estimate of drug-likeness (QED) is 0.833. The van der Waals surface area contributed by atoms with E-state index in [0.717, 1.165) is 5.56 Å². The standard InChI is InChI=1S/C18H23N3O/c1-14(2)17(16-7-5-4-6-8-16)12-19-18(22)10-9-15-11-20-21(3)13-15/h4-11,13-14,17H,12H2,1-3H3,(H,19,22)/b10-9+. The van der Waals surface area contributed by atoms with E-state index in [2.05, 4.69) is 36.4 Å². The van der Waals surface area contributed by atoms with Crippen molar-refractivity contribution in [1.82, 2.24) is 15.1 Å². The van der Waals surface area contributed by atoms with Gasteiger partial charge in [-0.05, 0) is 17.6 Å². The molecule has 0 saturated carbocycles. The van der Waals surface area contributed by atoms with Crippen LogP contribution >= 0.6 is 0 Å². The SMILES string of the molecule is CC(C)C(CNC(=O)/C=C/c1cnn(C)c1)c1ccccc1. The summed E-state index contributed by atoms with van der Waals surface area (Å²) in [6.45, 7) is 4.99. The Bertz CT molecular complexity index is 629. The van der Waals surface area contributed by atoms with Crippen LogP contribution in [0, 0.1) is 5.92 Å². The van der Waals surface area contributed by atoms with E-state index < -0.39 is 0 Å². The highest BCUT2D eigenvalue weighted by Crippen LogP contribution is 2.23. The number of hydrogen-bond acceptors (Lipinski definition) is 2. The van der Waals surface area contributed by atoms with Gasteiger partial charge in [0.1, 0.15) is 0 Å². The monoisotopic (exact) mass is 297 g/mol. The highest BCUT2D eigenvalue weighted by Gasteiger charge is 2.15. The summed E-state index contributed by atoms with van der Waals surface area (Å²) in [4.78, 5) is 12.0. The largest absolute Gasteiger partial charge is 0.352 e. The topological polar surface area (TPSA) is 46.9 Å². The van der Waals surface area contributed by atoms with Crippen LogP contribution in [0.3, 0.4) is 0 Å². The third kappa shape index (κ3) is 4.58. The highest BCUT2D eigenvalue weighted by molar-refractivity contribution is 5.91. The maximum Gasteiger partial charge on any atom is 0.244 e. The molecule has 0 aliphatic carbocycles. The second kappa shape index (κ2) is 7.59. The van der Waals surface area contributed by atoms with Crippen LogP contribution in [-0.4, -0.2) is 22.2 Å². The number of benzene rings is 1. The van der Waals surface area contributed by atoms with Gasteiger partial charge in [0.25, 0.3) is 0 Å². The number of carbonyl (C=O) groups is 1. The minimum atomic E-state index is -0.0783. The number of aromatic nitrogens is 2. The first-order valence-electron chi connectivity index (χ1n) is 7.55. The van der Waals surface area contributed by atoms with Crippen molar-refractivity contribution in [2.24, 2.45) is 13.0 Å². The average molecular weight is 297 g/mol. The van der Waals surface area contributed by atoms with Gasteiger partial charge in [0.05, 0.1) is 6.20 Å². The van der Waals surface area contributed by atoms with Gasteiger partial charge < -0.3 is 5.32 Å². The zero-order valence-electron chi connectivity index (χ0n) is 13.4. The summed E-state index contributed by atoms with van der Waals surface area (Å²) in [7, 11) is 1.85. The lowest BCUT2D eigenvalue weighted by Crippen LogP contribution is -2.29. The second-order valence-electron chi connectivity index (χ2n) is 5.79. The number of nitrogens with zero attached hydrogens (tertiary/aromatic N) is 2. The van der Waals surface area contributed by atoms with Crippen LogP contribution in [0.15, 0.2) is 48.8 Å². The number of hydrogen-bond donors (Lipinski definition) is 1. The third-order valence-corrected chi connectivity index (χ3v) is 3.68. The minimum absolute atomic E-state index is 0.0783. The first-order chi connectivity index (χ1) is 10.6. The van der Waals surface area contributed by atoms with E-state index in [0.29, 0.717) is 18.4 Å². The Morgan fingerprint density at radius 1 is 1.32 bits per heavy atom. The van der Waals surface area contributed by atoms with E-state index in [1.165, 1.54) is 5.56 Å². The van der Waals surface area contributed by atoms with Crippen molar-refractivity contribution in [3.05, 3.63) is 59.9 Å². The number of nitrogens with one attached hydrogen (secondary N) is 1. The molecule has 116 valence electrons. The third-order valence-electron chi connectivity index (χ3n) is 3.68. The van der Waals surface area contributed by atoms with Crippen molar-refractivity contribution in [1.29, 1.82) is 0 Å². The Hall–Kier alpha value is -2.36. The van der Waals surface area contributed by atoms with Gasteiger partial charge in [0, 0.05) is 37.3 Å². The Labute approximate surface area is 131 Å². The van der Waals surface area contributed by atoms with E-state index in [9.17, 15) is 4.79 Å². The van der Waals surface area contributed by atoms with E-state index in [1.54, 1.807) is 23.0 Å². The molecule has 1 aromatic heterocycles. The molecule has 4 heteroatoms. The summed E-state index contributed by atoms with van der Waals surface area (Å²) in [6.07, 6.45) is 6.92. The fraction of sp³-hybridized carbons (Fsp3) is 0.333. The van der Waals surface area contributed by atoms with Crippen molar-refractivity contribution >= 4 is 12.0 Å². The Balaban J connectivity index is 1.92. The van der Waals surface area contributed by atoms with Gasteiger partial charge in [-0.2, -0.15) is 5.10 Å². The van der Waals surface area contributed by atoms with Crippen LogP contribution in [0.1, 0.15) is 30.9 Å². The number of carbonyl (C=O) groups excluding carboxylic acids is 1. The smallest absolute Gasteiger partial charge is 0.244 e. The summed E-state index contributed by atoms with van der Waals surface area (Å²) >= 11 is 0. The van der Waals surface area contributed by atoms with Crippen LogP contribution in [0.5, 0.6) is 0 Å². The molecule has 1 N–H and O–H groups in total. The summed E-state index contributed by atoms with van der Waals surface area (Å²) < 4.78 is 1.71. The summed E-state index contributed by atoms with van der Waals surface area (Å²) in [5.74, 6) is 0.701. The van der Waals surface area contributed by atoms with Crippen LogP contribution < -0.4 is 5.32 Å². The molecular formula is C18H23N3O. The fourth-order valence-electron chi connectivity index (χ4n) is 2.41. The molecule has 2 rings (SSSR count). The molecule has 1 atom stereocenters. The lowest BCUT2D eigenvalue weighted by Gasteiger charge is -2.21. The predicted molar refractivity (Wildman–Crippen MR) is 89.3 cm³/mol. The molecule has 4 nitrogen and oxygen atoms in total. The first kappa shape index (κ1) is 16.0. The van der Waals surface area contributed by atoms with Crippen LogP contribution in [0.25, 0.3) is 6.08 Å². The average Bonchev–Trinajstić information content (AvgIpc) is 2.92. The zero-order valence-corrected chi connectivity index (χ0v) is 13.4. The highest BCUT2D eigenvalue weighted by atomic mass is 16.1. The van der Waals surface area contributed by atoms with E-state index >= 15 is 0 Å². The summed E-state index contributed by atoms with van der Waals surface area (Å²) in [6, 6.07) is 10.3. The van der Waals surface area contributed by atoms with Gasteiger partial charge in [-0.15, -0.1) is 0 Å². The van der Waals surface area contributed by atoms with Crippen molar-refractivity contribution < 1.29 is 4.79 Å². The molecule has 0 bridgehead atoms.